The van der Waals surface area contributed by atoms with Crippen molar-refractivity contribution >= 4 is 27.3 Å². The number of nitrogens with zero attached hydrogens (tertiary/aromatic N) is 1. The number of rotatable bonds is 5. The van der Waals surface area contributed by atoms with Gasteiger partial charge in [-0.3, -0.25) is 9.89 Å². The van der Waals surface area contributed by atoms with Crippen LogP contribution in [0.15, 0.2) is 22.4 Å². The number of hydrogen-bond donors (Lipinski definition) is 3. The molecule has 2 heterocycles. The number of aromatic nitrogens is 2. The lowest BCUT2D eigenvalue weighted by molar-refractivity contribution is -0.139. The zero-order valence-corrected chi connectivity index (χ0v) is 12.4. The van der Waals surface area contributed by atoms with E-state index in [1.54, 1.807) is 31.4 Å². The Balaban J connectivity index is 2.38. The fraction of sp³-hybridized carbons (Fsp3) is 0.273. The topological polar surface area (TPSA) is 112 Å². The van der Waals surface area contributed by atoms with Crippen LogP contribution in [0.25, 0.3) is 0 Å². The normalized spacial score (nSPS) is 13.3. The molecule has 0 saturated carbocycles. The predicted molar refractivity (Wildman–Crippen MR) is 73.1 cm³/mol. The van der Waals surface area contributed by atoms with Gasteiger partial charge >= 0.3 is 5.97 Å². The third-order valence-electron chi connectivity index (χ3n) is 2.68. The molecular formula is C11H13N3O4S2. The predicted octanol–water partition coefficient (Wildman–Crippen LogP) is 1.19. The number of aliphatic carboxylic acids is 1. The van der Waals surface area contributed by atoms with Crippen LogP contribution in [0.2, 0.25) is 0 Å². The number of aryl methyl sites for hydroxylation is 2. The highest BCUT2D eigenvalue weighted by Gasteiger charge is 2.30. The van der Waals surface area contributed by atoms with E-state index in [-0.39, 0.29) is 4.90 Å². The molecule has 0 aliphatic heterocycles. The summed E-state index contributed by atoms with van der Waals surface area (Å²) in [5.74, 6) is -1.25. The van der Waals surface area contributed by atoms with Crippen molar-refractivity contribution in [2.45, 2.75) is 24.8 Å². The lowest BCUT2D eigenvalue weighted by atomic mass is 10.3. The SMILES string of the molecule is Cc1n[nH]c(C)c1S(=O)(=O)NC(C(=O)O)c1cccs1. The molecule has 3 N–H and O–H groups in total. The molecule has 2 aromatic rings. The molecule has 0 bridgehead atoms. The summed E-state index contributed by atoms with van der Waals surface area (Å²) in [7, 11) is -3.97. The van der Waals surface area contributed by atoms with E-state index >= 15 is 0 Å². The van der Waals surface area contributed by atoms with Gasteiger partial charge in [-0.05, 0) is 25.3 Å². The van der Waals surface area contributed by atoms with Gasteiger partial charge in [0.05, 0.1) is 11.4 Å². The van der Waals surface area contributed by atoms with Crippen LogP contribution in [0, 0.1) is 13.8 Å². The van der Waals surface area contributed by atoms with Gasteiger partial charge in [-0.1, -0.05) is 6.07 Å². The minimum absolute atomic E-state index is 0.0136. The highest BCUT2D eigenvalue weighted by molar-refractivity contribution is 7.89. The second-order valence-electron chi connectivity index (χ2n) is 4.17. The van der Waals surface area contributed by atoms with Crippen molar-refractivity contribution < 1.29 is 18.3 Å². The third-order valence-corrected chi connectivity index (χ3v) is 5.30. The minimum Gasteiger partial charge on any atom is -0.480 e. The number of H-pyrrole nitrogens is 1. The van der Waals surface area contributed by atoms with Crippen LogP contribution < -0.4 is 4.72 Å². The van der Waals surface area contributed by atoms with E-state index in [0.29, 0.717) is 16.3 Å². The van der Waals surface area contributed by atoms with E-state index in [0.717, 1.165) is 0 Å². The molecule has 1 atom stereocenters. The van der Waals surface area contributed by atoms with E-state index < -0.39 is 22.0 Å². The zero-order valence-electron chi connectivity index (χ0n) is 10.7. The number of carbonyl (C=O) groups is 1. The van der Waals surface area contributed by atoms with Gasteiger partial charge in [-0.25, -0.2) is 8.42 Å². The average molecular weight is 315 g/mol. The molecule has 0 aliphatic rings. The minimum atomic E-state index is -3.97. The Hall–Kier alpha value is -1.71. The summed E-state index contributed by atoms with van der Waals surface area (Å²) in [5, 5.41) is 17.3. The maximum atomic E-state index is 12.3. The van der Waals surface area contributed by atoms with Crippen LogP contribution in [-0.2, 0) is 14.8 Å². The molecule has 0 fully saturated rings. The summed E-state index contributed by atoms with van der Waals surface area (Å²) >= 11 is 1.17. The van der Waals surface area contributed by atoms with Gasteiger partial charge < -0.3 is 5.11 Å². The number of hydrogen-bond acceptors (Lipinski definition) is 5. The largest absolute Gasteiger partial charge is 0.480 e. The first-order valence-electron chi connectivity index (χ1n) is 5.63. The number of nitrogens with one attached hydrogen (secondary N) is 2. The molecular weight excluding hydrogens is 302 g/mol. The van der Waals surface area contributed by atoms with E-state index in [4.69, 9.17) is 0 Å². The second kappa shape index (κ2) is 5.35. The molecule has 0 spiro atoms. The summed E-state index contributed by atoms with van der Waals surface area (Å²) in [6.45, 7) is 3.11. The van der Waals surface area contributed by atoms with Crippen molar-refractivity contribution in [2.75, 3.05) is 0 Å². The number of carboxylic acids is 1. The molecule has 20 heavy (non-hydrogen) atoms. The van der Waals surface area contributed by atoms with Gasteiger partial charge in [0.2, 0.25) is 10.0 Å². The molecule has 0 aliphatic carbocycles. The van der Waals surface area contributed by atoms with Crippen molar-refractivity contribution in [2.24, 2.45) is 0 Å². The fourth-order valence-corrected chi connectivity index (χ4v) is 4.22. The highest BCUT2D eigenvalue weighted by Crippen LogP contribution is 2.23. The lowest BCUT2D eigenvalue weighted by Gasteiger charge is -2.13. The third kappa shape index (κ3) is 2.74. The second-order valence-corrected chi connectivity index (χ2v) is 6.80. The first-order valence-corrected chi connectivity index (χ1v) is 7.99. The maximum Gasteiger partial charge on any atom is 0.327 e. The van der Waals surface area contributed by atoms with Crippen LogP contribution in [-0.4, -0.2) is 29.7 Å². The molecule has 9 heteroatoms. The number of aromatic amines is 1. The smallest absolute Gasteiger partial charge is 0.327 e. The van der Waals surface area contributed by atoms with Gasteiger partial charge in [-0.2, -0.15) is 9.82 Å². The van der Waals surface area contributed by atoms with E-state index in [1.165, 1.54) is 11.3 Å². The van der Waals surface area contributed by atoms with Crippen LogP contribution in [0.4, 0.5) is 0 Å². The molecule has 2 aromatic heterocycles. The van der Waals surface area contributed by atoms with Crippen molar-refractivity contribution in [3.05, 3.63) is 33.8 Å². The van der Waals surface area contributed by atoms with Crippen LogP contribution in [0.5, 0.6) is 0 Å². The summed E-state index contributed by atoms with van der Waals surface area (Å²) in [6.07, 6.45) is 0. The van der Waals surface area contributed by atoms with Crippen molar-refractivity contribution in [1.82, 2.24) is 14.9 Å². The van der Waals surface area contributed by atoms with E-state index in [9.17, 15) is 18.3 Å². The molecule has 1 unspecified atom stereocenters. The van der Waals surface area contributed by atoms with Gasteiger partial charge in [-0.15, -0.1) is 11.3 Å². The molecule has 108 valence electrons. The molecule has 2 rings (SSSR count). The standard InChI is InChI=1S/C11H13N3O4S2/c1-6-10(7(2)13-12-6)20(17,18)14-9(11(15)16)8-4-3-5-19-8/h3-5,9,14H,1-2H3,(H,12,13)(H,15,16). The average Bonchev–Trinajstić information content (AvgIpc) is 2.96. The van der Waals surface area contributed by atoms with Crippen molar-refractivity contribution in [1.29, 1.82) is 0 Å². The Labute approximate surface area is 119 Å². The van der Waals surface area contributed by atoms with Crippen molar-refractivity contribution in [3.8, 4) is 0 Å². The molecule has 0 amide bonds. The van der Waals surface area contributed by atoms with Gasteiger partial charge in [0.15, 0.2) is 6.04 Å². The van der Waals surface area contributed by atoms with Gasteiger partial charge in [0.1, 0.15) is 4.90 Å². The maximum absolute atomic E-state index is 12.3. The lowest BCUT2D eigenvalue weighted by Crippen LogP contribution is -2.33. The number of sulfonamides is 1. The summed E-state index contributed by atoms with van der Waals surface area (Å²) < 4.78 is 26.8. The van der Waals surface area contributed by atoms with E-state index in [1.807, 2.05) is 0 Å². The van der Waals surface area contributed by atoms with Gasteiger partial charge in [0, 0.05) is 4.88 Å². The summed E-state index contributed by atoms with van der Waals surface area (Å²) in [5.41, 5.74) is 0.663. The molecule has 0 aromatic carbocycles. The highest BCUT2D eigenvalue weighted by atomic mass is 32.2. The number of thiophene rings is 1. The first kappa shape index (κ1) is 14.7. The number of carboxylic acid groups (broad SMARTS) is 1. The Morgan fingerprint density at radius 3 is 2.65 bits per heavy atom. The molecule has 0 saturated heterocycles. The van der Waals surface area contributed by atoms with Crippen LogP contribution >= 0.6 is 11.3 Å². The Bertz CT molecular complexity index is 699. The molecule has 0 radical (unpaired) electrons. The van der Waals surface area contributed by atoms with Crippen molar-refractivity contribution in [3.63, 3.8) is 0 Å². The van der Waals surface area contributed by atoms with Crippen LogP contribution in [0.3, 0.4) is 0 Å². The van der Waals surface area contributed by atoms with Crippen LogP contribution in [0.1, 0.15) is 22.3 Å². The Kier molecular flexibility index (Phi) is 3.93. The van der Waals surface area contributed by atoms with Gasteiger partial charge in [0.25, 0.3) is 0 Å². The molecule has 7 nitrogen and oxygen atoms in total. The Morgan fingerprint density at radius 2 is 2.20 bits per heavy atom. The fourth-order valence-electron chi connectivity index (χ4n) is 1.84. The summed E-state index contributed by atoms with van der Waals surface area (Å²) in [4.78, 5) is 11.7. The quantitative estimate of drug-likeness (QED) is 0.767. The monoisotopic (exact) mass is 315 g/mol. The summed E-state index contributed by atoms with van der Waals surface area (Å²) in [6, 6.07) is 1.92. The zero-order chi connectivity index (χ0) is 14.9. The Morgan fingerprint density at radius 1 is 1.50 bits per heavy atom. The van der Waals surface area contributed by atoms with E-state index in [2.05, 4.69) is 14.9 Å². The first-order chi connectivity index (χ1) is 9.33.